The van der Waals surface area contributed by atoms with Crippen LogP contribution in [0.5, 0.6) is 5.88 Å². The fourth-order valence-corrected chi connectivity index (χ4v) is 3.95. The molecule has 0 spiro atoms. The van der Waals surface area contributed by atoms with Gasteiger partial charge in [-0.1, -0.05) is 0 Å². The SMILES string of the molecule is COc1ncc(Br)cc1S(=O)(=O)N1CCN(C)CC1. The summed E-state index contributed by atoms with van der Waals surface area (Å²) >= 11 is 3.24. The lowest BCUT2D eigenvalue weighted by Gasteiger charge is -2.31. The molecule has 1 aromatic heterocycles. The van der Waals surface area contributed by atoms with E-state index in [0.717, 1.165) is 13.1 Å². The first-order chi connectivity index (χ1) is 8.95. The third kappa shape index (κ3) is 3.07. The monoisotopic (exact) mass is 349 g/mol. The predicted octanol–water partition coefficient (Wildman–Crippen LogP) is 0.789. The summed E-state index contributed by atoms with van der Waals surface area (Å²) in [4.78, 5) is 6.19. The van der Waals surface area contributed by atoms with Crippen LogP contribution in [-0.4, -0.2) is 62.9 Å². The number of likely N-dealkylation sites (N-methyl/N-ethyl adjacent to an activating group) is 1. The van der Waals surface area contributed by atoms with Crippen LogP contribution in [0.2, 0.25) is 0 Å². The van der Waals surface area contributed by atoms with Crippen molar-refractivity contribution in [3.05, 3.63) is 16.7 Å². The smallest absolute Gasteiger partial charge is 0.248 e. The average molecular weight is 350 g/mol. The van der Waals surface area contributed by atoms with E-state index in [4.69, 9.17) is 4.74 Å². The Bertz CT molecular complexity index is 556. The maximum absolute atomic E-state index is 12.6. The summed E-state index contributed by atoms with van der Waals surface area (Å²) in [5.74, 6) is 0.127. The van der Waals surface area contributed by atoms with Crippen molar-refractivity contribution in [3.8, 4) is 5.88 Å². The highest BCUT2D eigenvalue weighted by atomic mass is 79.9. The number of hydrogen-bond acceptors (Lipinski definition) is 5. The zero-order valence-electron chi connectivity index (χ0n) is 10.8. The molecule has 2 heterocycles. The lowest BCUT2D eigenvalue weighted by molar-refractivity contribution is 0.222. The summed E-state index contributed by atoms with van der Waals surface area (Å²) in [7, 11) is -0.168. The highest BCUT2D eigenvalue weighted by Gasteiger charge is 2.30. The van der Waals surface area contributed by atoms with Gasteiger partial charge in [0, 0.05) is 36.8 Å². The molecule has 0 saturated carbocycles. The van der Waals surface area contributed by atoms with Gasteiger partial charge >= 0.3 is 0 Å². The number of halogens is 1. The fourth-order valence-electron chi connectivity index (χ4n) is 1.91. The molecule has 0 unspecified atom stereocenters. The molecule has 0 N–H and O–H groups in total. The quantitative estimate of drug-likeness (QED) is 0.807. The molecule has 6 nitrogen and oxygen atoms in total. The highest BCUT2D eigenvalue weighted by molar-refractivity contribution is 9.10. The van der Waals surface area contributed by atoms with E-state index in [-0.39, 0.29) is 10.8 Å². The maximum atomic E-state index is 12.6. The maximum Gasteiger partial charge on any atom is 0.248 e. The standard InChI is InChI=1S/C11H16BrN3O3S/c1-14-3-5-15(6-4-14)19(16,17)10-7-9(12)8-13-11(10)18-2/h7-8H,3-6H2,1-2H3. The Hall–Kier alpha value is -0.700. The number of hydrogen-bond donors (Lipinski definition) is 0. The fraction of sp³-hybridized carbons (Fsp3) is 0.545. The van der Waals surface area contributed by atoms with Crippen LogP contribution in [0.1, 0.15) is 0 Å². The van der Waals surface area contributed by atoms with Crippen LogP contribution in [0, 0.1) is 0 Å². The molecule has 1 aliphatic rings. The minimum atomic E-state index is -3.56. The Morgan fingerprint density at radius 1 is 1.32 bits per heavy atom. The van der Waals surface area contributed by atoms with E-state index in [9.17, 15) is 8.42 Å². The average Bonchev–Trinajstić information content (AvgIpc) is 2.39. The molecular weight excluding hydrogens is 334 g/mol. The molecule has 8 heteroatoms. The number of sulfonamides is 1. The lowest BCUT2D eigenvalue weighted by atomic mass is 10.4. The number of piperazine rings is 1. The molecule has 106 valence electrons. The van der Waals surface area contributed by atoms with Gasteiger partial charge in [0.2, 0.25) is 15.9 Å². The van der Waals surface area contributed by atoms with Crippen LogP contribution < -0.4 is 4.74 Å². The van der Waals surface area contributed by atoms with Crippen LogP contribution in [-0.2, 0) is 10.0 Å². The van der Waals surface area contributed by atoms with Crippen molar-refractivity contribution in [1.82, 2.24) is 14.2 Å². The Morgan fingerprint density at radius 3 is 2.53 bits per heavy atom. The molecule has 0 aromatic carbocycles. The Labute approximate surface area is 121 Å². The van der Waals surface area contributed by atoms with Gasteiger partial charge in [-0.15, -0.1) is 0 Å². The summed E-state index contributed by atoms with van der Waals surface area (Å²) < 4.78 is 32.3. The normalized spacial score (nSPS) is 18.5. The van der Waals surface area contributed by atoms with Gasteiger partial charge < -0.3 is 9.64 Å². The van der Waals surface area contributed by atoms with Crippen LogP contribution in [0.25, 0.3) is 0 Å². The largest absolute Gasteiger partial charge is 0.480 e. The van der Waals surface area contributed by atoms with Gasteiger partial charge in [-0.3, -0.25) is 0 Å². The van der Waals surface area contributed by atoms with Gasteiger partial charge in [-0.2, -0.15) is 4.31 Å². The van der Waals surface area contributed by atoms with Crippen LogP contribution in [0.15, 0.2) is 21.6 Å². The number of methoxy groups -OCH3 is 1. The second-order valence-electron chi connectivity index (χ2n) is 4.37. The molecule has 0 radical (unpaired) electrons. The van der Waals surface area contributed by atoms with Gasteiger partial charge in [-0.05, 0) is 29.0 Å². The summed E-state index contributed by atoms with van der Waals surface area (Å²) in [6.45, 7) is 2.41. The van der Waals surface area contributed by atoms with E-state index in [1.54, 1.807) is 0 Å². The second-order valence-corrected chi connectivity index (χ2v) is 7.19. The van der Waals surface area contributed by atoms with E-state index in [2.05, 4.69) is 25.8 Å². The molecule has 2 rings (SSSR count). The Balaban J connectivity index is 2.36. The van der Waals surface area contributed by atoms with Crippen molar-refractivity contribution >= 4 is 26.0 Å². The van der Waals surface area contributed by atoms with Crippen molar-refractivity contribution in [1.29, 1.82) is 0 Å². The predicted molar refractivity (Wildman–Crippen MR) is 74.7 cm³/mol. The van der Waals surface area contributed by atoms with E-state index in [1.165, 1.54) is 23.7 Å². The summed E-state index contributed by atoms with van der Waals surface area (Å²) in [6.07, 6.45) is 1.52. The zero-order chi connectivity index (χ0) is 14.0. The second kappa shape index (κ2) is 5.74. The van der Waals surface area contributed by atoms with E-state index in [1.807, 2.05) is 7.05 Å². The molecule has 0 bridgehead atoms. The third-order valence-electron chi connectivity index (χ3n) is 3.06. The van der Waals surface area contributed by atoms with Gasteiger partial charge in [0.25, 0.3) is 0 Å². The van der Waals surface area contributed by atoms with E-state index in [0.29, 0.717) is 17.6 Å². The highest BCUT2D eigenvalue weighted by Crippen LogP contribution is 2.27. The van der Waals surface area contributed by atoms with Crippen molar-refractivity contribution in [3.63, 3.8) is 0 Å². The van der Waals surface area contributed by atoms with Gasteiger partial charge in [0.05, 0.1) is 7.11 Å². The molecule has 19 heavy (non-hydrogen) atoms. The van der Waals surface area contributed by atoms with Gasteiger partial charge in [0.15, 0.2) is 0 Å². The summed E-state index contributed by atoms with van der Waals surface area (Å²) in [5, 5.41) is 0. The lowest BCUT2D eigenvalue weighted by Crippen LogP contribution is -2.47. The molecule has 0 atom stereocenters. The number of aromatic nitrogens is 1. The third-order valence-corrected chi connectivity index (χ3v) is 5.39. The summed E-state index contributed by atoms with van der Waals surface area (Å²) in [5.41, 5.74) is 0. The number of rotatable bonds is 3. The molecule has 0 amide bonds. The first kappa shape index (κ1) is 14.7. The molecule has 0 aliphatic carbocycles. The molecule has 1 saturated heterocycles. The molecule has 1 fully saturated rings. The first-order valence-electron chi connectivity index (χ1n) is 5.83. The van der Waals surface area contributed by atoms with E-state index >= 15 is 0 Å². The topological polar surface area (TPSA) is 62.7 Å². The Morgan fingerprint density at radius 2 is 1.95 bits per heavy atom. The number of ether oxygens (including phenoxy) is 1. The minimum absolute atomic E-state index is 0.105. The van der Waals surface area contributed by atoms with Gasteiger partial charge in [0.1, 0.15) is 4.90 Å². The van der Waals surface area contributed by atoms with Crippen LogP contribution in [0.4, 0.5) is 0 Å². The molecule has 1 aromatic rings. The Kier molecular flexibility index (Phi) is 4.44. The minimum Gasteiger partial charge on any atom is -0.480 e. The molecular formula is C11H16BrN3O3S. The molecule has 1 aliphatic heterocycles. The van der Waals surface area contributed by atoms with Crippen molar-refractivity contribution < 1.29 is 13.2 Å². The van der Waals surface area contributed by atoms with Crippen molar-refractivity contribution in [2.24, 2.45) is 0 Å². The first-order valence-corrected chi connectivity index (χ1v) is 8.06. The van der Waals surface area contributed by atoms with Crippen LogP contribution in [0.3, 0.4) is 0 Å². The number of pyridine rings is 1. The zero-order valence-corrected chi connectivity index (χ0v) is 13.2. The van der Waals surface area contributed by atoms with Crippen molar-refractivity contribution in [2.45, 2.75) is 4.90 Å². The summed E-state index contributed by atoms with van der Waals surface area (Å²) in [6, 6.07) is 1.53. The number of nitrogens with zero attached hydrogens (tertiary/aromatic N) is 3. The van der Waals surface area contributed by atoms with Gasteiger partial charge in [-0.25, -0.2) is 13.4 Å². The van der Waals surface area contributed by atoms with Crippen molar-refractivity contribution in [2.75, 3.05) is 40.3 Å². The van der Waals surface area contributed by atoms with Crippen LogP contribution >= 0.6 is 15.9 Å². The van der Waals surface area contributed by atoms with E-state index < -0.39 is 10.0 Å².